The van der Waals surface area contributed by atoms with Crippen LogP contribution in [0.4, 0.5) is 4.79 Å². The lowest BCUT2D eigenvalue weighted by atomic mass is 9.81. The number of methoxy groups -OCH3 is 1. The second kappa shape index (κ2) is 6.26. The predicted octanol–water partition coefficient (Wildman–Crippen LogP) is 1.49. The SMILES string of the molecule is COC(=O)C(N)CC1=C(C)C(NC(=O)OC(C)(C)C)C1. The first kappa shape index (κ1) is 16.5. The zero-order chi connectivity index (χ0) is 15.5. The van der Waals surface area contributed by atoms with E-state index in [0.717, 1.165) is 11.1 Å². The Balaban J connectivity index is 2.48. The maximum absolute atomic E-state index is 11.6. The van der Waals surface area contributed by atoms with E-state index < -0.39 is 23.7 Å². The Morgan fingerprint density at radius 3 is 2.50 bits per heavy atom. The third-order valence-corrected chi connectivity index (χ3v) is 3.19. The number of rotatable bonds is 4. The normalized spacial score (nSPS) is 20.0. The Hall–Kier alpha value is -1.56. The number of nitrogens with two attached hydrogens (primary N) is 1. The van der Waals surface area contributed by atoms with Gasteiger partial charge in [0.15, 0.2) is 0 Å². The molecule has 1 amide bonds. The third-order valence-electron chi connectivity index (χ3n) is 3.19. The standard InChI is InChI=1S/C14H24N2O4/c1-8-9(6-10(15)12(17)19-5)7-11(8)16-13(18)20-14(2,3)4/h10-11H,6-7,15H2,1-5H3,(H,16,18). The van der Waals surface area contributed by atoms with Gasteiger partial charge in [-0.2, -0.15) is 0 Å². The molecule has 0 saturated carbocycles. The smallest absolute Gasteiger partial charge is 0.408 e. The van der Waals surface area contributed by atoms with Crippen LogP contribution in [0.25, 0.3) is 0 Å². The van der Waals surface area contributed by atoms with Gasteiger partial charge in [-0.05, 0) is 40.5 Å². The van der Waals surface area contributed by atoms with Crippen molar-refractivity contribution in [1.82, 2.24) is 5.32 Å². The summed E-state index contributed by atoms with van der Waals surface area (Å²) < 4.78 is 9.78. The summed E-state index contributed by atoms with van der Waals surface area (Å²) in [6.45, 7) is 7.37. The molecule has 3 N–H and O–H groups in total. The molecule has 2 atom stereocenters. The molecule has 1 aliphatic carbocycles. The second-order valence-electron chi connectivity index (χ2n) is 6.02. The molecular weight excluding hydrogens is 260 g/mol. The molecule has 114 valence electrons. The van der Waals surface area contributed by atoms with Crippen LogP contribution in [0.1, 0.15) is 40.5 Å². The lowest BCUT2D eigenvalue weighted by molar-refractivity contribution is -0.142. The van der Waals surface area contributed by atoms with E-state index in [2.05, 4.69) is 10.1 Å². The molecule has 20 heavy (non-hydrogen) atoms. The zero-order valence-electron chi connectivity index (χ0n) is 12.8. The summed E-state index contributed by atoms with van der Waals surface area (Å²) >= 11 is 0. The monoisotopic (exact) mass is 284 g/mol. The van der Waals surface area contributed by atoms with E-state index in [0.29, 0.717) is 12.8 Å². The lowest BCUT2D eigenvalue weighted by Crippen LogP contribution is -2.45. The van der Waals surface area contributed by atoms with Gasteiger partial charge in [0.2, 0.25) is 0 Å². The first-order chi connectivity index (χ1) is 9.14. The van der Waals surface area contributed by atoms with Gasteiger partial charge in [0, 0.05) is 0 Å². The molecule has 0 aromatic heterocycles. The van der Waals surface area contributed by atoms with Crippen molar-refractivity contribution in [3.8, 4) is 0 Å². The Bertz CT molecular complexity index is 423. The van der Waals surface area contributed by atoms with Gasteiger partial charge in [-0.1, -0.05) is 11.1 Å². The number of hydrogen-bond donors (Lipinski definition) is 2. The van der Waals surface area contributed by atoms with Crippen molar-refractivity contribution in [2.75, 3.05) is 7.11 Å². The van der Waals surface area contributed by atoms with E-state index in [9.17, 15) is 9.59 Å². The average molecular weight is 284 g/mol. The maximum Gasteiger partial charge on any atom is 0.408 e. The van der Waals surface area contributed by atoms with Gasteiger partial charge in [-0.25, -0.2) is 4.79 Å². The van der Waals surface area contributed by atoms with Gasteiger partial charge in [-0.3, -0.25) is 4.79 Å². The number of carbonyl (C=O) groups is 2. The summed E-state index contributed by atoms with van der Waals surface area (Å²) in [6, 6.07) is -0.683. The van der Waals surface area contributed by atoms with Crippen molar-refractivity contribution in [3.63, 3.8) is 0 Å². The molecule has 0 aromatic carbocycles. The Morgan fingerprint density at radius 2 is 2.05 bits per heavy atom. The van der Waals surface area contributed by atoms with Gasteiger partial charge in [0.05, 0.1) is 13.2 Å². The van der Waals surface area contributed by atoms with Crippen molar-refractivity contribution in [2.24, 2.45) is 5.73 Å². The highest BCUT2D eigenvalue weighted by molar-refractivity contribution is 5.76. The number of esters is 1. The van der Waals surface area contributed by atoms with Crippen molar-refractivity contribution in [1.29, 1.82) is 0 Å². The van der Waals surface area contributed by atoms with Crippen molar-refractivity contribution >= 4 is 12.1 Å². The number of alkyl carbamates (subject to hydrolysis) is 1. The first-order valence-electron chi connectivity index (χ1n) is 6.65. The average Bonchev–Trinajstić information content (AvgIpc) is 2.33. The molecule has 0 heterocycles. The quantitative estimate of drug-likeness (QED) is 0.603. The van der Waals surface area contributed by atoms with Crippen LogP contribution in [-0.4, -0.2) is 36.9 Å². The van der Waals surface area contributed by atoms with Gasteiger partial charge in [0.1, 0.15) is 11.6 Å². The number of amides is 1. The predicted molar refractivity (Wildman–Crippen MR) is 75.1 cm³/mol. The molecule has 1 rings (SSSR count). The molecular formula is C14H24N2O4. The number of ether oxygens (including phenoxy) is 2. The van der Waals surface area contributed by atoms with Crippen LogP contribution < -0.4 is 11.1 Å². The largest absolute Gasteiger partial charge is 0.468 e. The molecule has 1 aliphatic rings. The Morgan fingerprint density at radius 1 is 1.45 bits per heavy atom. The minimum atomic E-state index is -0.646. The fourth-order valence-electron chi connectivity index (χ4n) is 2.03. The topological polar surface area (TPSA) is 90.6 Å². The highest BCUT2D eigenvalue weighted by Crippen LogP contribution is 2.31. The summed E-state index contributed by atoms with van der Waals surface area (Å²) in [6.07, 6.45) is 0.721. The summed E-state index contributed by atoms with van der Waals surface area (Å²) in [5.41, 5.74) is 7.32. The number of carbonyl (C=O) groups excluding carboxylic acids is 2. The Kier molecular flexibility index (Phi) is 5.16. The van der Waals surface area contributed by atoms with Crippen LogP contribution in [-0.2, 0) is 14.3 Å². The molecule has 6 heteroatoms. The first-order valence-corrected chi connectivity index (χ1v) is 6.65. The Labute approximate surface area is 119 Å². The number of hydrogen-bond acceptors (Lipinski definition) is 5. The van der Waals surface area contributed by atoms with Gasteiger partial charge in [-0.15, -0.1) is 0 Å². The molecule has 0 saturated heterocycles. The maximum atomic E-state index is 11.6. The van der Waals surface area contributed by atoms with Crippen molar-refractivity contribution < 1.29 is 19.1 Å². The zero-order valence-corrected chi connectivity index (χ0v) is 12.8. The molecule has 0 bridgehead atoms. The van der Waals surface area contributed by atoms with Crippen LogP contribution >= 0.6 is 0 Å². The van der Waals surface area contributed by atoms with E-state index >= 15 is 0 Å². The summed E-state index contributed by atoms with van der Waals surface area (Å²) in [4.78, 5) is 22.9. The van der Waals surface area contributed by atoms with E-state index in [1.165, 1.54) is 7.11 Å². The van der Waals surface area contributed by atoms with E-state index in [1.807, 2.05) is 27.7 Å². The van der Waals surface area contributed by atoms with Crippen LogP contribution in [0.2, 0.25) is 0 Å². The van der Waals surface area contributed by atoms with Crippen molar-refractivity contribution in [3.05, 3.63) is 11.1 Å². The minimum Gasteiger partial charge on any atom is -0.468 e. The molecule has 0 fully saturated rings. The van der Waals surface area contributed by atoms with E-state index in [4.69, 9.17) is 10.5 Å². The van der Waals surface area contributed by atoms with Crippen LogP contribution in [0, 0.1) is 0 Å². The fraction of sp³-hybridized carbons (Fsp3) is 0.714. The fourth-order valence-corrected chi connectivity index (χ4v) is 2.03. The van der Waals surface area contributed by atoms with Crippen molar-refractivity contribution in [2.45, 2.75) is 58.2 Å². The third kappa shape index (κ3) is 4.52. The molecule has 0 aliphatic heterocycles. The molecule has 6 nitrogen and oxygen atoms in total. The highest BCUT2D eigenvalue weighted by atomic mass is 16.6. The summed E-state index contributed by atoms with van der Waals surface area (Å²) in [7, 11) is 1.32. The molecule has 0 spiro atoms. The van der Waals surface area contributed by atoms with E-state index in [-0.39, 0.29) is 6.04 Å². The summed E-state index contributed by atoms with van der Waals surface area (Å²) in [5.74, 6) is -0.422. The molecule has 0 radical (unpaired) electrons. The van der Waals surface area contributed by atoms with Gasteiger partial charge < -0.3 is 20.5 Å². The lowest BCUT2D eigenvalue weighted by Gasteiger charge is -2.34. The number of nitrogens with one attached hydrogen (secondary N) is 1. The van der Waals surface area contributed by atoms with Gasteiger partial charge in [0.25, 0.3) is 0 Å². The van der Waals surface area contributed by atoms with Crippen LogP contribution in [0.15, 0.2) is 11.1 Å². The van der Waals surface area contributed by atoms with Crippen LogP contribution in [0.5, 0.6) is 0 Å². The molecule has 2 unspecified atom stereocenters. The molecule has 0 aromatic rings. The van der Waals surface area contributed by atoms with E-state index in [1.54, 1.807) is 0 Å². The second-order valence-corrected chi connectivity index (χ2v) is 6.02. The summed E-state index contributed by atoms with van der Waals surface area (Å²) in [5, 5.41) is 2.79. The van der Waals surface area contributed by atoms with Crippen LogP contribution in [0.3, 0.4) is 0 Å². The minimum absolute atomic E-state index is 0.0373. The highest BCUT2D eigenvalue weighted by Gasteiger charge is 2.31. The van der Waals surface area contributed by atoms with Gasteiger partial charge >= 0.3 is 12.1 Å².